The third-order valence-corrected chi connectivity index (χ3v) is 11.6. The number of rotatable bonds is 7. The number of nitrogens with one attached hydrogen (secondary N) is 1. The summed E-state index contributed by atoms with van der Waals surface area (Å²) in [6, 6.07) is 31.1. The Hall–Kier alpha value is -4.73. The van der Waals surface area contributed by atoms with Crippen molar-refractivity contribution in [2.75, 3.05) is 55.6 Å². The fourth-order valence-electron chi connectivity index (χ4n) is 8.87. The van der Waals surface area contributed by atoms with Crippen LogP contribution in [0.4, 0.5) is 20.6 Å². The van der Waals surface area contributed by atoms with Crippen molar-refractivity contribution in [1.29, 1.82) is 0 Å². The van der Waals surface area contributed by atoms with Crippen LogP contribution in [0.25, 0.3) is 0 Å². The molecule has 3 amide bonds. The summed E-state index contributed by atoms with van der Waals surface area (Å²) in [7, 11) is 0. The second-order valence-corrected chi connectivity index (χ2v) is 14.6. The molecule has 0 bridgehead atoms. The van der Waals surface area contributed by atoms with E-state index in [0.717, 1.165) is 70.5 Å². The van der Waals surface area contributed by atoms with E-state index < -0.39 is 11.8 Å². The fraction of sp³-hybridized carbons (Fsp3) is 0.381. The number of fused-ring (bicyclic) bond motifs is 1. The van der Waals surface area contributed by atoms with Crippen molar-refractivity contribution in [3.05, 3.63) is 125 Å². The van der Waals surface area contributed by atoms with Crippen molar-refractivity contribution in [2.24, 2.45) is 0 Å². The van der Waals surface area contributed by atoms with Gasteiger partial charge >= 0.3 is 6.03 Å². The Morgan fingerprint density at radius 1 is 0.745 bits per heavy atom. The van der Waals surface area contributed by atoms with Crippen molar-refractivity contribution in [3.8, 4) is 5.75 Å². The van der Waals surface area contributed by atoms with Gasteiger partial charge < -0.3 is 10.0 Å². The largest absolute Gasteiger partial charge is 0.508 e. The Kier molecular flexibility index (Phi) is 9.49. The van der Waals surface area contributed by atoms with Gasteiger partial charge in [0.15, 0.2) is 0 Å². The minimum atomic E-state index is -0.570. The van der Waals surface area contributed by atoms with E-state index in [4.69, 9.17) is 0 Å². The summed E-state index contributed by atoms with van der Waals surface area (Å²) in [6.07, 6.45) is 4.48. The number of aromatic hydroxyl groups is 1. The Morgan fingerprint density at radius 3 is 2.24 bits per heavy atom. The second-order valence-electron chi connectivity index (χ2n) is 14.6. The molecule has 4 aliphatic rings. The van der Waals surface area contributed by atoms with Crippen LogP contribution in [0.3, 0.4) is 0 Å². The number of aryl methyl sites for hydroxylation is 1. The second kappa shape index (κ2) is 14.5. The van der Waals surface area contributed by atoms with Gasteiger partial charge in [-0.25, -0.2) is 9.18 Å². The average molecular weight is 688 g/mol. The van der Waals surface area contributed by atoms with Gasteiger partial charge in [-0.1, -0.05) is 54.6 Å². The fourth-order valence-corrected chi connectivity index (χ4v) is 8.87. The molecule has 1 aliphatic carbocycles. The third kappa shape index (κ3) is 7.10. The van der Waals surface area contributed by atoms with Gasteiger partial charge in [-0.2, -0.15) is 0 Å². The number of imide groups is 1. The molecule has 4 aromatic rings. The van der Waals surface area contributed by atoms with Gasteiger partial charge in [0.1, 0.15) is 11.6 Å². The maximum atomic E-state index is 15.0. The molecule has 2 N–H and O–H groups in total. The molecule has 0 saturated carbocycles. The predicted octanol–water partition coefficient (Wildman–Crippen LogP) is 6.63. The van der Waals surface area contributed by atoms with Crippen molar-refractivity contribution in [2.45, 2.75) is 56.5 Å². The van der Waals surface area contributed by atoms with E-state index in [1.54, 1.807) is 6.07 Å². The van der Waals surface area contributed by atoms with Crippen LogP contribution in [-0.4, -0.2) is 78.7 Å². The lowest BCUT2D eigenvalue weighted by Crippen LogP contribution is -2.53. The minimum absolute atomic E-state index is 0.170. The van der Waals surface area contributed by atoms with Crippen molar-refractivity contribution < 1.29 is 19.1 Å². The number of hydrogen-bond acceptors (Lipinski definition) is 6. The van der Waals surface area contributed by atoms with Crippen molar-refractivity contribution in [1.82, 2.24) is 15.1 Å². The van der Waals surface area contributed by atoms with E-state index in [1.165, 1.54) is 38.9 Å². The smallest absolute Gasteiger partial charge is 0.328 e. The number of benzene rings is 4. The first-order valence-corrected chi connectivity index (χ1v) is 18.5. The highest BCUT2D eigenvalue weighted by Crippen LogP contribution is 2.47. The quantitative estimate of drug-likeness (QED) is 0.227. The third-order valence-electron chi connectivity index (χ3n) is 11.6. The van der Waals surface area contributed by atoms with Crippen LogP contribution in [0.2, 0.25) is 0 Å². The standard InChI is InChI=1S/C42H46FN5O3/c43-38-26-29(6-15-39(38)48-21-18-40(50)44-42(48)51)28-45-22-24-47(25-23-45)34-16-19-46(20-17-34)33-10-7-31(8-11-33)41-36(30-4-2-1-3-5-30)13-9-32-27-35(49)12-14-37(32)41/h1-8,10-12,14-15,26-27,34,36,41,49H,9,13,16-25,28H2,(H,44,50,51)/t36-,41+/m0/s1. The molecule has 0 spiro atoms. The van der Waals surface area contributed by atoms with Gasteiger partial charge in [0.2, 0.25) is 5.91 Å². The number of piperazine rings is 1. The summed E-state index contributed by atoms with van der Waals surface area (Å²) in [4.78, 5) is 32.5. The number of nitrogens with zero attached hydrogens (tertiary/aromatic N) is 4. The number of carbonyl (C=O) groups is 2. The Bertz CT molecular complexity index is 1870. The SMILES string of the molecule is O=C1CCN(c2ccc(CN3CCN(C4CCN(c5ccc([C@H]6c7ccc(O)cc7CC[C@H]6c6ccccc6)cc5)CC4)CC3)cc2F)C(=O)N1. The Morgan fingerprint density at radius 2 is 1.51 bits per heavy atom. The van der Waals surface area contributed by atoms with Gasteiger partial charge in [0.05, 0.1) is 5.69 Å². The summed E-state index contributed by atoms with van der Waals surface area (Å²) in [5.74, 6) is 0.233. The normalized spacial score (nSPS) is 22.1. The summed E-state index contributed by atoms with van der Waals surface area (Å²) in [5, 5.41) is 12.5. The average Bonchev–Trinajstić information content (AvgIpc) is 3.16. The van der Waals surface area contributed by atoms with E-state index >= 15 is 4.39 Å². The topological polar surface area (TPSA) is 79.4 Å². The number of phenolic OH excluding ortho intramolecular Hbond substituents is 1. The molecule has 3 fully saturated rings. The number of anilines is 2. The number of hydrogen-bond donors (Lipinski definition) is 2. The molecule has 2 atom stereocenters. The molecule has 3 heterocycles. The molecule has 8 nitrogen and oxygen atoms in total. The van der Waals surface area contributed by atoms with Gasteiger partial charge in [-0.05, 0) is 95.8 Å². The van der Waals surface area contributed by atoms with Crippen LogP contribution < -0.4 is 15.1 Å². The highest BCUT2D eigenvalue weighted by molar-refractivity contribution is 6.05. The van der Waals surface area contributed by atoms with Crippen molar-refractivity contribution in [3.63, 3.8) is 0 Å². The molecule has 3 saturated heterocycles. The molecule has 3 aliphatic heterocycles. The molecule has 9 heteroatoms. The molecular weight excluding hydrogens is 641 g/mol. The first kappa shape index (κ1) is 33.4. The van der Waals surface area contributed by atoms with E-state index in [1.807, 2.05) is 18.2 Å². The monoisotopic (exact) mass is 687 g/mol. The summed E-state index contributed by atoms with van der Waals surface area (Å²) in [6.45, 7) is 6.83. The van der Waals surface area contributed by atoms with Crippen LogP contribution >= 0.6 is 0 Å². The van der Waals surface area contributed by atoms with Crippen LogP contribution in [-0.2, 0) is 17.8 Å². The first-order valence-electron chi connectivity index (χ1n) is 18.5. The first-order chi connectivity index (χ1) is 24.9. The Balaban J connectivity index is 0.852. The van der Waals surface area contributed by atoms with Gasteiger partial charge in [-0.3, -0.25) is 24.8 Å². The number of amides is 3. The number of urea groups is 1. The molecule has 8 rings (SSSR count). The summed E-state index contributed by atoms with van der Waals surface area (Å²) in [5.41, 5.74) is 7.68. The van der Waals surface area contributed by atoms with Crippen molar-refractivity contribution >= 4 is 23.3 Å². The molecule has 4 aromatic carbocycles. The molecule has 264 valence electrons. The molecule has 51 heavy (non-hydrogen) atoms. The maximum Gasteiger partial charge on any atom is 0.328 e. The van der Waals surface area contributed by atoms with E-state index in [0.29, 0.717) is 24.3 Å². The van der Waals surface area contributed by atoms with Crippen LogP contribution in [0.15, 0.2) is 91.0 Å². The molecule has 0 aromatic heterocycles. The highest BCUT2D eigenvalue weighted by atomic mass is 19.1. The minimum Gasteiger partial charge on any atom is -0.508 e. The zero-order valence-electron chi connectivity index (χ0n) is 29.0. The summed E-state index contributed by atoms with van der Waals surface area (Å²) < 4.78 is 15.0. The lowest BCUT2D eigenvalue weighted by molar-refractivity contribution is -0.120. The predicted molar refractivity (Wildman–Crippen MR) is 198 cm³/mol. The van der Waals surface area contributed by atoms with E-state index in [-0.39, 0.29) is 30.5 Å². The zero-order chi connectivity index (χ0) is 34.9. The van der Waals surface area contributed by atoms with Gasteiger partial charge in [-0.15, -0.1) is 0 Å². The van der Waals surface area contributed by atoms with Crippen LogP contribution in [0.1, 0.15) is 65.3 Å². The highest BCUT2D eigenvalue weighted by Gasteiger charge is 2.33. The molecule has 0 radical (unpaired) electrons. The Labute approximate surface area is 299 Å². The lowest BCUT2D eigenvalue weighted by atomic mass is 9.69. The molecular formula is C42H46FN5O3. The zero-order valence-corrected chi connectivity index (χ0v) is 29.0. The van der Waals surface area contributed by atoms with E-state index in [9.17, 15) is 14.7 Å². The number of phenols is 1. The van der Waals surface area contributed by atoms with E-state index in [2.05, 4.69) is 80.7 Å². The van der Waals surface area contributed by atoms with Crippen LogP contribution in [0.5, 0.6) is 5.75 Å². The lowest BCUT2D eigenvalue weighted by Gasteiger charge is -2.43. The number of carbonyl (C=O) groups excluding carboxylic acids is 2. The van der Waals surface area contributed by atoms with Crippen LogP contribution in [0, 0.1) is 5.82 Å². The summed E-state index contributed by atoms with van der Waals surface area (Å²) >= 11 is 0. The molecule has 0 unspecified atom stereocenters. The van der Waals surface area contributed by atoms with Gasteiger partial charge in [0.25, 0.3) is 0 Å². The number of halogens is 1. The maximum absolute atomic E-state index is 15.0. The number of piperidine rings is 1. The van der Waals surface area contributed by atoms with Gasteiger partial charge in [0, 0.05) is 76.4 Å².